The largest absolute Gasteiger partial charge is 0.495 e. The third-order valence-corrected chi connectivity index (χ3v) is 6.88. The number of likely N-dealkylation sites (tertiary alicyclic amines) is 1. The number of hydrogen-bond donors (Lipinski definition) is 3. The number of anilines is 2. The maximum atomic E-state index is 13.3. The third kappa shape index (κ3) is 6.87. The van der Waals surface area contributed by atoms with E-state index in [4.69, 9.17) is 14.6 Å². The number of hydrogen-bond acceptors (Lipinski definition) is 5. The molecular weight excluding hydrogens is 498 g/mol. The molecule has 0 radical (unpaired) electrons. The van der Waals surface area contributed by atoms with E-state index < -0.39 is 12.0 Å². The Labute approximate surface area is 227 Å². The van der Waals surface area contributed by atoms with Crippen LogP contribution in [0.5, 0.6) is 11.5 Å². The summed E-state index contributed by atoms with van der Waals surface area (Å²) in [7, 11) is 1.52. The van der Waals surface area contributed by atoms with Gasteiger partial charge in [0.2, 0.25) is 5.91 Å². The zero-order valence-corrected chi connectivity index (χ0v) is 22.3. The number of ether oxygens (including phenoxy) is 2. The molecule has 3 N–H and O–H groups in total. The molecule has 3 amide bonds. The Morgan fingerprint density at radius 2 is 1.69 bits per heavy atom. The van der Waals surface area contributed by atoms with Gasteiger partial charge in [-0.1, -0.05) is 24.3 Å². The normalized spacial score (nSPS) is 16.4. The van der Waals surface area contributed by atoms with Crippen molar-refractivity contribution in [2.45, 2.75) is 45.2 Å². The molecule has 1 aliphatic rings. The van der Waals surface area contributed by atoms with Gasteiger partial charge in [-0.2, -0.15) is 0 Å². The number of carbonyl (C=O) groups excluding carboxylic acids is 2. The first-order valence-corrected chi connectivity index (χ1v) is 12.8. The Bertz CT molecular complexity index is 1340. The van der Waals surface area contributed by atoms with Crippen LogP contribution in [0.2, 0.25) is 0 Å². The van der Waals surface area contributed by atoms with E-state index in [1.165, 1.54) is 19.2 Å². The zero-order valence-electron chi connectivity index (χ0n) is 22.3. The second kappa shape index (κ2) is 12.3. The second-order valence-electron chi connectivity index (χ2n) is 9.63. The lowest BCUT2D eigenvalue weighted by atomic mass is 10.1. The SMILES string of the molecule is COc1cc(CC(=O)N2[C@H](COc3ccc(C(=O)O)cc3)CC[C@H]2C)ccc1NC(=O)Nc1ccccc1C. The van der Waals surface area contributed by atoms with Gasteiger partial charge in [-0.15, -0.1) is 0 Å². The molecule has 3 aromatic rings. The highest BCUT2D eigenvalue weighted by atomic mass is 16.5. The lowest BCUT2D eigenvalue weighted by molar-refractivity contribution is -0.133. The number of nitrogens with zero attached hydrogens (tertiary/aromatic N) is 1. The van der Waals surface area contributed by atoms with Crippen molar-refractivity contribution in [3.63, 3.8) is 0 Å². The van der Waals surface area contributed by atoms with Gasteiger partial charge in [-0.25, -0.2) is 9.59 Å². The van der Waals surface area contributed by atoms with Crippen LogP contribution in [0.1, 0.15) is 41.3 Å². The molecule has 1 aliphatic heterocycles. The van der Waals surface area contributed by atoms with Crippen LogP contribution < -0.4 is 20.1 Å². The number of carboxylic acids is 1. The number of aryl methyl sites for hydroxylation is 1. The van der Waals surface area contributed by atoms with Gasteiger partial charge in [0, 0.05) is 11.7 Å². The number of methoxy groups -OCH3 is 1. The van der Waals surface area contributed by atoms with E-state index in [0.717, 1.165) is 24.0 Å². The van der Waals surface area contributed by atoms with Crippen molar-refractivity contribution >= 4 is 29.3 Å². The summed E-state index contributed by atoms with van der Waals surface area (Å²) in [5.41, 5.74) is 3.12. The average molecular weight is 532 g/mol. The smallest absolute Gasteiger partial charge is 0.335 e. The standard InChI is InChI=1S/C30H33N3O6/c1-19-6-4-5-7-25(19)31-30(37)32-26-15-9-21(16-27(26)38-3)17-28(34)33-20(2)8-12-23(33)18-39-24-13-10-22(11-14-24)29(35)36/h4-7,9-11,13-16,20,23H,8,12,17-18H2,1-3H3,(H,35,36)(H2,31,32,37)/t20-,23+/m1/s1. The predicted molar refractivity (Wildman–Crippen MR) is 149 cm³/mol. The molecule has 9 nitrogen and oxygen atoms in total. The van der Waals surface area contributed by atoms with Crippen LogP contribution in [0.15, 0.2) is 66.7 Å². The van der Waals surface area contributed by atoms with Gasteiger partial charge in [-0.3, -0.25) is 4.79 Å². The first-order valence-electron chi connectivity index (χ1n) is 12.8. The summed E-state index contributed by atoms with van der Waals surface area (Å²) in [6.45, 7) is 4.27. The van der Waals surface area contributed by atoms with E-state index in [0.29, 0.717) is 29.5 Å². The van der Waals surface area contributed by atoms with E-state index in [-0.39, 0.29) is 30.0 Å². The summed E-state index contributed by atoms with van der Waals surface area (Å²) in [6.07, 6.45) is 1.88. The lowest BCUT2D eigenvalue weighted by Gasteiger charge is -2.29. The first-order chi connectivity index (χ1) is 18.7. The maximum Gasteiger partial charge on any atom is 0.335 e. The van der Waals surface area contributed by atoms with Crippen molar-refractivity contribution in [2.75, 3.05) is 24.4 Å². The van der Waals surface area contributed by atoms with Gasteiger partial charge >= 0.3 is 12.0 Å². The molecule has 1 fully saturated rings. The number of carboxylic acid groups (broad SMARTS) is 1. The van der Waals surface area contributed by atoms with Crippen LogP contribution in [0.25, 0.3) is 0 Å². The number of para-hydroxylation sites is 1. The molecule has 2 atom stereocenters. The zero-order chi connectivity index (χ0) is 27.9. The third-order valence-electron chi connectivity index (χ3n) is 6.88. The highest BCUT2D eigenvalue weighted by Gasteiger charge is 2.34. The van der Waals surface area contributed by atoms with Crippen molar-refractivity contribution < 1.29 is 29.0 Å². The Morgan fingerprint density at radius 3 is 2.38 bits per heavy atom. The molecule has 4 rings (SSSR count). The van der Waals surface area contributed by atoms with Crippen LogP contribution in [0.3, 0.4) is 0 Å². The van der Waals surface area contributed by atoms with Crippen LogP contribution in [-0.2, 0) is 11.2 Å². The highest BCUT2D eigenvalue weighted by Crippen LogP contribution is 2.29. The van der Waals surface area contributed by atoms with Crippen molar-refractivity contribution in [2.24, 2.45) is 0 Å². The fourth-order valence-corrected chi connectivity index (χ4v) is 4.77. The number of urea groups is 1. The van der Waals surface area contributed by atoms with Gasteiger partial charge in [0.25, 0.3) is 0 Å². The molecular formula is C30H33N3O6. The van der Waals surface area contributed by atoms with Gasteiger partial charge in [-0.05, 0) is 80.3 Å². The first kappa shape index (κ1) is 27.5. The number of rotatable bonds is 9. The molecule has 1 saturated heterocycles. The molecule has 204 valence electrons. The van der Waals surface area contributed by atoms with Crippen LogP contribution >= 0.6 is 0 Å². The van der Waals surface area contributed by atoms with E-state index in [1.807, 2.05) is 43.0 Å². The van der Waals surface area contributed by atoms with Crippen LogP contribution in [0.4, 0.5) is 16.2 Å². The fraction of sp³-hybridized carbons (Fsp3) is 0.300. The predicted octanol–water partition coefficient (Wildman–Crippen LogP) is 5.35. The lowest BCUT2D eigenvalue weighted by Crippen LogP contribution is -2.43. The topological polar surface area (TPSA) is 117 Å². The number of nitrogens with one attached hydrogen (secondary N) is 2. The molecule has 0 unspecified atom stereocenters. The summed E-state index contributed by atoms with van der Waals surface area (Å²) in [5.74, 6) is 0.00874. The van der Waals surface area contributed by atoms with Crippen molar-refractivity contribution in [3.05, 3.63) is 83.4 Å². The Morgan fingerprint density at radius 1 is 0.974 bits per heavy atom. The quantitative estimate of drug-likeness (QED) is 0.343. The summed E-state index contributed by atoms with van der Waals surface area (Å²) < 4.78 is 11.4. The second-order valence-corrected chi connectivity index (χ2v) is 9.63. The van der Waals surface area contributed by atoms with Gasteiger partial charge in [0.1, 0.15) is 18.1 Å². The number of aromatic carboxylic acids is 1. The molecule has 0 saturated carbocycles. The van der Waals surface area contributed by atoms with Gasteiger partial charge in [0.05, 0.1) is 30.8 Å². The van der Waals surface area contributed by atoms with E-state index in [1.54, 1.807) is 30.3 Å². The number of carbonyl (C=O) groups is 3. The fourth-order valence-electron chi connectivity index (χ4n) is 4.77. The van der Waals surface area contributed by atoms with Gasteiger partial charge in [0.15, 0.2) is 0 Å². The molecule has 0 aliphatic carbocycles. The Kier molecular flexibility index (Phi) is 8.70. The van der Waals surface area contributed by atoms with Gasteiger partial charge < -0.3 is 30.1 Å². The van der Waals surface area contributed by atoms with Crippen molar-refractivity contribution in [1.29, 1.82) is 0 Å². The Hall–Kier alpha value is -4.53. The van der Waals surface area contributed by atoms with Crippen molar-refractivity contribution in [3.8, 4) is 11.5 Å². The molecule has 39 heavy (non-hydrogen) atoms. The minimum absolute atomic E-state index is 0.0186. The number of amides is 3. The Balaban J connectivity index is 1.37. The van der Waals surface area contributed by atoms with E-state index >= 15 is 0 Å². The summed E-state index contributed by atoms with van der Waals surface area (Å²) in [4.78, 5) is 38.8. The summed E-state index contributed by atoms with van der Waals surface area (Å²) >= 11 is 0. The molecule has 9 heteroatoms. The monoisotopic (exact) mass is 531 g/mol. The van der Waals surface area contributed by atoms with Crippen molar-refractivity contribution in [1.82, 2.24) is 4.90 Å². The molecule has 1 heterocycles. The van der Waals surface area contributed by atoms with Crippen LogP contribution in [-0.4, -0.2) is 53.7 Å². The number of benzene rings is 3. The molecule has 0 aromatic heterocycles. The van der Waals surface area contributed by atoms with E-state index in [9.17, 15) is 14.4 Å². The highest BCUT2D eigenvalue weighted by molar-refractivity contribution is 6.01. The average Bonchev–Trinajstić information content (AvgIpc) is 3.30. The molecule has 0 spiro atoms. The molecule has 0 bridgehead atoms. The molecule has 3 aromatic carbocycles. The summed E-state index contributed by atoms with van der Waals surface area (Å²) in [6, 6.07) is 18.6. The maximum absolute atomic E-state index is 13.3. The minimum atomic E-state index is -0.992. The van der Waals surface area contributed by atoms with E-state index in [2.05, 4.69) is 10.6 Å². The summed E-state index contributed by atoms with van der Waals surface area (Å²) in [5, 5.41) is 14.7. The minimum Gasteiger partial charge on any atom is -0.495 e. The van der Waals surface area contributed by atoms with Crippen LogP contribution in [0, 0.1) is 6.92 Å².